The molecule has 6 nitrogen and oxygen atoms in total. The van der Waals surface area contributed by atoms with Gasteiger partial charge in [-0.2, -0.15) is 0 Å². The number of carboxylic acids is 1. The Hall–Kier alpha value is -2.67. The fourth-order valence-electron chi connectivity index (χ4n) is 1.95. The third-order valence-electron chi connectivity index (χ3n) is 3.05. The molecule has 0 bridgehead atoms. The van der Waals surface area contributed by atoms with Crippen LogP contribution in [0.2, 0.25) is 0 Å². The van der Waals surface area contributed by atoms with Gasteiger partial charge in [0.1, 0.15) is 11.9 Å². The third kappa shape index (κ3) is 3.50. The van der Waals surface area contributed by atoms with Crippen molar-refractivity contribution in [2.24, 2.45) is 0 Å². The molecule has 2 rings (SSSR count). The van der Waals surface area contributed by atoms with E-state index < -0.39 is 23.7 Å². The largest absolute Gasteiger partial charge is 0.480 e. The summed E-state index contributed by atoms with van der Waals surface area (Å²) in [6.07, 6.45) is 1.17. The molecule has 0 aliphatic rings. The van der Waals surface area contributed by atoms with E-state index in [1.165, 1.54) is 36.6 Å². The van der Waals surface area contributed by atoms with Crippen molar-refractivity contribution in [3.8, 4) is 11.1 Å². The van der Waals surface area contributed by atoms with Gasteiger partial charge < -0.3 is 19.9 Å². The smallest absolute Gasteiger partial charge is 0.326 e. The van der Waals surface area contributed by atoms with Gasteiger partial charge in [0, 0.05) is 18.6 Å². The highest BCUT2D eigenvalue weighted by Gasteiger charge is 2.23. The number of rotatable bonds is 6. The number of aliphatic hydroxyl groups is 1. The first kappa shape index (κ1) is 15.7. The molecule has 0 spiro atoms. The van der Waals surface area contributed by atoms with Crippen molar-refractivity contribution in [1.82, 2.24) is 5.32 Å². The van der Waals surface area contributed by atoms with Crippen molar-refractivity contribution < 1.29 is 28.6 Å². The highest BCUT2D eigenvalue weighted by molar-refractivity contribution is 5.99. The summed E-state index contributed by atoms with van der Waals surface area (Å²) in [7, 11) is 0. The Bertz CT molecular complexity index is 665. The summed E-state index contributed by atoms with van der Waals surface area (Å²) in [4.78, 5) is 23.1. The van der Waals surface area contributed by atoms with Gasteiger partial charge in [0.25, 0.3) is 5.91 Å². The Balaban J connectivity index is 2.23. The number of aliphatic carboxylic acids is 1. The second-order valence-corrected chi connectivity index (χ2v) is 4.55. The molecule has 0 aliphatic carbocycles. The highest BCUT2D eigenvalue weighted by Crippen LogP contribution is 2.25. The molecule has 1 atom stereocenters. The SMILES string of the molecule is O=C(N[C@@H](CCO)C(=O)O)c1occc1-c1ccc(F)cc1. The summed E-state index contributed by atoms with van der Waals surface area (Å²) in [5.74, 6) is -2.45. The van der Waals surface area contributed by atoms with Crippen molar-refractivity contribution in [2.75, 3.05) is 6.61 Å². The summed E-state index contributed by atoms with van der Waals surface area (Å²) >= 11 is 0. The van der Waals surface area contributed by atoms with Crippen LogP contribution in [0.3, 0.4) is 0 Å². The van der Waals surface area contributed by atoms with Crippen LogP contribution in [-0.2, 0) is 4.79 Å². The Kier molecular flexibility index (Phi) is 4.90. The number of carboxylic acid groups (broad SMARTS) is 1. The van der Waals surface area contributed by atoms with E-state index in [0.29, 0.717) is 11.1 Å². The van der Waals surface area contributed by atoms with Crippen LogP contribution in [0.15, 0.2) is 41.0 Å². The van der Waals surface area contributed by atoms with Gasteiger partial charge in [-0.15, -0.1) is 0 Å². The van der Waals surface area contributed by atoms with Gasteiger partial charge in [-0.25, -0.2) is 9.18 Å². The summed E-state index contributed by atoms with van der Waals surface area (Å²) in [6.45, 7) is -0.375. The Labute approximate surface area is 125 Å². The van der Waals surface area contributed by atoms with Crippen LogP contribution in [0, 0.1) is 5.82 Å². The Morgan fingerprint density at radius 1 is 1.23 bits per heavy atom. The van der Waals surface area contributed by atoms with Crippen LogP contribution in [0.5, 0.6) is 0 Å². The summed E-state index contributed by atoms with van der Waals surface area (Å²) in [5, 5.41) is 20.1. The molecule has 1 aromatic heterocycles. The Morgan fingerprint density at radius 2 is 1.91 bits per heavy atom. The van der Waals surface area contributed by atoms with E-state index in [-0.39, 0.29) is 18.8 Å². The number of carbonyl (C=O) groups is 2. The molecule has 3 N–H and O–H groups in total. The highest BCUT2D eigenvalue weighted by atomic mass is 19.1. The van der Waals surface area contributed by atoms with E-state index >= 15 is 0 Å². The van der Waals surface area contributed by atoms with Crippen molar-refractivity contribution in [3.63, 3.8) is 0 Å². The number of benzene rings is 1. The minimum atomic E-state index is -1.25. The van der Waals surface area contributed by atoms with Crippen LogP contribution in [-0.4, -0.2) is 34.7 Å². The van der Waals surface area contributed by atoms with Gasteiger partial charge in [-0.1, -0.05) is 12.1 Å². The molecule has 1 heterocycles. The molecule has 7 heteroatoms. The molecule has 0 unspecified atom stereocenters. The first-order valence-corrected chi connectivity index (χ1v) is 6.51. The molecular formula is C15H14FNO5. The van der Waals surface area contributed by atoms with Gasteiger partial charge in [0.2, 0.25) is 0 Å². The average molecular weight is 307 g/mol. The maximum atomic E-state index is 12.9. The average Bonchev–Trinajstić information content (AvgIpc) is 2.97. The van der Waals surface area contributed by atoms with E-state index in [0.717, 1.165) is 0 Å². The lowest BCUT2D eigenvalue weighted by molar-refractivity contribution is -0.139. The van der Waals surface area contributed by atoms with Gasteiger partial charge >= 0.3 is 5.97 Å². The van der Waals surface area contributed by atoms with Crippen molar-refractivity contribution >= 4 is 11.9 Å². The molecule has 116 valence electrons. The quantitative estimate of drug-likeness (QED) is 0.753. The molecular weight excluding hydrogens is 293 g/mol. The molecule has 0 radical (unpaired) electrons. The predicted molar refractivity (Wildman–Crippen MR) is 74.7 cm³/mol. The van der Waals surface area contributed by atoms with Crippen LogP contribution in [0.1, 0.15) is 17.0 Å². The van der Waals surface area contributed by atoms with Gasteiger partial charge in [-0.05, 0) is 23.8 Å². The van der Waals surface area contributed by atoms with Crippen molar-refractivity contribution in [2.45, 2.75) is 12.5 Å². The Morgan fingerprint density at radius 3 is 2.50 bits per heavy atom. The van der Waals surface area contributed by atoms with Crippen LogP contribution >= 0.6 is 0 Å². The maximum absolute atomic E-state index is 12.9. The molecule has 0 saturated heterocycles. The molecule has 22 heavy (non-hydrogen) atoms. The molecule has 0 aliphatic heterocycles. The lowest BCUT2D eigenvalue weighted by Gasteiger charge is -2.12. The number of furan rings is 1. The van der Waals surface area contributed by atoms with Gasteiger partial charge in [0.15, 0.2) is 5.76 Å². The monoisotopic (exact) mass is 307 g/mol. The van der Waals surface area contributed by atoms with E-state index in [1.54, 1.807) is 0 Å². The second kappa shape index (κ2) is 6.86. The number of nitrogens with one attached hydrogen (secondary N) is 1. The first-order chi connectivity index (χ1) is 10.5. The van der Waals surface area contributed by atoms with E-state index in [9.17, 15) is 14.0 Å². The topological polar surface area (TPSA) is 99.8 Å². The minimum absolute atomic E-state index is 0.0733. The van der Waals surface area contributed by atoms with E-state index in [4.69, 9.17) is 14.6 Å². The van der Waals surface area contributed by atoms with Crippen LogP contribution < -0.4 is 5.32 Å². The number of halogens is 1. The number of amides is 1. The summed E-state index contributed by atoms with van der Waals surface area (Å²) in [6, 6.07) is 5.78. The van der Waals surface area contributed by atoms with Gasteiger partial charge in [0.05, 0.1) is 6.26 Å². The maximum Gasteiger partial charge on any atom is 0.326 e. The standard InChI is InChI=1S/C15H14FNO5/c16-10-3-1-9(2-4-10)11-6-8-22-13(11)14(19)17-12(5-7-18)15(20)21/h1-4,6,8,12,18H,5,7H2,(H,17,19)(H,20,21)/t12-/m0/s1. The van der Waals surface area contributed by atoms with Crippen molar-refractivity contribution in [3.05, 3.63) is 48.2 Å². The molecule has 1 amide bonds. The second-order valence-electron chi connectivity index (χ2n) is 4.55. The zero-order valence-corrected chi connectivity index (χ0v) is 11.5. The number of aliphatic hydroxyl groups excluding tert-OH is 1. The summed E-state index contributed by atoms with van der Waals surface area (Å²) in [5.41, 5.74) is 0.986. The van der Waals surface area contributed by atoms with E-state index in [1.807, 2.05) is 0 Å². The first-order valence-electron chi connectivity index (χ1n) is 6.51. The van der Waals surface area contributed by atoms with Crippen molar-refractivity contribution in [1.29, 1.82) is 0 Å². The molecule has 2 aromatic rings. The molecule has 0 saturated carbocycles. The van der Waals surface area contributed by atoms with E-state index in [2.05, 4.69) is 5.32 Å². The van der Waals surface area contributed by atoms with Gasteiger partial charge in [-0.3, -0.25) is 4.79 Å². The van der Waals surface area contributed by atoms with Crippen LogP contribution in [0.4, 0.5) is 4.39 Å². The number of carbonyl (C=O) groups excluding carboxylic acids is 1. The summed E-state index contributed by atoms with van der Waals surface area (Å²) < 4.78 is 18.1. The lowest BCUT2D eigenvalue weighted by atomic mass is 10.1. The molecule has 1 aromatic carbocycles. The molecule has 0 fully saturated rings. The van der Waals surface area contributed by atoms with Crippen LogP contribution in [0.25, 0.3) is 11.1 Å². The number of hydrogen-bond acceptors (Lipinski definition) is 4. The fraction of sp³-hybridized carbons (Fsp3) is 0.200. The minimum Gasteiger partial charge on any atom is -0.480 e. The predicted octanol–water partition coefficient (Wildman–Crippen LogP) is 1.65. The zero-order valence-electron chi connectivity index (χ0n) is 11.5. The fourth-order valence-corrected chi connectivity index (χ4v) is 1.95. The third-order valence-corrected chi connectivity index (χ3v) is 3.05. The normalized spacial score (nSPS) is 11.9. The number of hydrogen-bond donors (Lipinski definition) is 3. The zero-order chi connectivity index (χ0) is 16.1. The lowest BCUT2D eigenvalue weighted by Crippen LogP contribution is -2.41.